The zero-order valence-electron chi connectivity index (χ0n) is 13.6. The number of halogens is 1. The Hall–Kier alpha value is -1.56. The number of nitrogens with zero attached hydrogens (tertiary/aromatic N) is 3. The minimum absolute atomic E-state index is 0.0680. The summed E-state index contributed by atoms with van der Waals surface area (Å²) in [6.07, 6.45) is 4.88. The predicted molar refractivity (Wildman–Crippen MR) is 88.0 cm³/mol. The fourth-order valence-corrected chi connectivity index (χ4v) is 4.62. The van der Waals surface area contributed by atoms with Crippen LogP contribution in [-0.4, -0.2) is 32.9 Å². The monoisotopic (exact) mass is 339 g/mol. The second-order valence-corrected chi connectivity index (χ2v) is 7.95. The molecule has 0 radical (unpaired) electrons. The minimum atomic E-state index is -1.12. The number of anilines is 1. The topological polar surface area (TPSA) is 75.4 Å². The van der Waals surface area contributed by atoms with Crippen molar-refractivity contribution in [2.45, 2.75) is 58.7 Å². The highest BCUT2D eigenvalue weighted by Gasteiger charge is 2.47. The van der Waals surface area contributed by atoms with Crippen LogP contribution >= 0.6 is 11.6 Å². The smallest absolute Gasteiger partial charge is 0.325 e. The van der Waals surface area contributed by atoms with Crippen LogP contribution in [0, 0.1) is 11.3 Å². The number of hydrogen-bond donors (Lipinski definition) is 1. The molecule has 2 fully saturated rings. The third-order valence-corrected chi connectivity index (χ3v) is 5.58. The van der Waals surface area contributed by atoms with Crippen molar-refractivity contribution in [2.75, 3.05) is 4.90 Å². The van der Waals surface area contributed by atoms with Crippen LogP contribution in [0.25, 0.3) is 0 Å². The van der Waals surface area contributed by atoms with Crippen molar-refractivity contribution < 1.29 is 9.90 Å². The summed E-state index contributed by atoms with van der Waals surface area (Å²) in [5.41, 5.74) is 0.380. The molecule has 1 aliphatic carbocycles. The van der Waals surface area contributed by atoms with Crippen LogP contribution in [0.2, 0.25) is 5.02 Å². The first kappa shape index (κ1) is 16.3. The van der Waals surface area contributed by atoms with Crippen molar-refractivity contribution in [3.8, 4) is 0 Å². The quantitative estimate of drug-likeness (QED) is 0.915. The zero-order chi connectivity index (χ0) is 16.9. The third kappa shape index (κ3) is 2.84. The van der Waals surface area contributed by atoms with E-state index in [2.05, 4.69) is 30.8 Å². The molecule has 7 heteroatoms. The molecule has 0 aromatic carbocycles. The van der Waals surface area contributed by atoms with Crippen LogP contribution < -0.4 is 10.5 Å². The number of carbonyl (C=O) groups is 1. The maximum atomic E-state index is 12.3. The van der Waals surface area contributed by atoms with Gasteiger partial charge in [0.05, 0.1) is 11.9 Å². The van der Waals surface area contributed by atoms with E-state index in [0.29, 0.717) is 23.7 Å². The molecule has 1 aromatic rings. The fraction of sp³-hybridized carbons (Fsp3) is 0.688. The second-order valence-electron chi connectivity index (χ2n) is 7.57. The van der Waals surface area contributed by atoms with E-state index in [-0.39, 0.29) is 10.4 Å². The van der Waals surface area contributed by atoms with Gasteiger partial charge in [0.15, 0.2) is 0 Å². The van der Waals surface area contributed by atoms with Gasteiger partial charge in [-0.25, -0.2) is 4.68 Å². The Labute approximate surface area is 140 Å². The van der Waals surface area contributed by atoms with E-state index in [0.717, 1.165) is 17.5 Å². The molecule has 2 heterocycles. The molecule has 23 heavy (non-hydrogen) atoms. The Kier molecular flexibility index (Phi) is 3.91. The van der Waals surface area contributed by atoms with Gasteiger partial charge in [-0.2, -0.15) is 5.10 Å². The number of aromatic nitrogens is 2. The van der Waals surface area contributed by atoms with Crippen LogP contribution in [0.3, 0.4) is 0 Å². The van der Waals surface area contributed by atoms with E-state index >= 15 is 0 Å². The molecular weight excluding hydrogens is 318 g/mol. The highest BCUT2D eigenvalue weighted by molar-refractivity contribution is 6.33. The molecule has 3 atom stereocenters. The molecule has 2 bridgehead atoms. The Morgan fingerprint density at radius 3 is 2.83 bits per heavy atom. The summed E-state index contributed by atoms with van der Waals surface area (Å²) in [5.74, 6) is -0.531. The van der Waals surface area contributed by atoms with Crippen LogP contribution in [0.4, 0.5) is 5.69 Å². The average Bonchev–Trinajstić information content (AvgIpc) is 2.66. The van der Waals surface area contributed by atoms with E-state index in [4.69, 9.17) is 16.7 Å². The number of carboxylic acids is 1. The maximum absolute atomic E-state index is 12.3. The van der Waals surface area contributed by atoms with Crippen molar-refractivity contribution in [1.82, 2.24) is 9.78 Å². The molecule has 0 spiro atoms. The molecular formula is C16H22ClN3O3. The molecule has 0 amide bonds. The summed E-state index contributed by atoms with van der Waals surface area (Å²) >= 11 is 6.28. The van der Waals surface area contributed by atoms with Crippen LogP contribution in [0.15, 0.2) is 11.0 Å². The van der Waals surface area contributed by atoms with E-state index in [1.807, 2.05) is 0 Å². The summed E-state index contributed by atoms with van der Waals surface area (Å²) in [6, 6.07) is 0.656. The van der Waals surface area contributed by atoms with Crippen LogP contribution in [-0.2, 0) is 11.3 Å². The van der Waals surface area contributed by atoms with Crippen molar-refractivity contribution in [3.63, 3.8) is 0 Å². The molecule has 1 aromatic heterocycles. The molecule has 0 unspecified atom stereocenters. The van der Waals surface area contributed by atoms with E-state index < -0.39 is 18.1 Å². The highest BCUT2D eigenvalue weighted by atomic mass is 35.5. The average molecular weight is 340 g/mol. The highest BCUT2D eigenvalue weighted by Crippen LogP contribution is 2.50. The van der Waals surface area contributed by atoms with E-state index in [9.17, 15) is 9.59 Å². The van der Waals surface area contributed by atoms with Gasteiger partial charge in [0.1, 0.15) is 11.6 Å². The van der Waals surface area contributed by atoms with Crippen molar-refractivity contribution >= 4 is 23.3 Å². The van der Waals surface area contributed by atoms with Gasteiger partial charge in [-0.15, -0.1) is 0 Å². The summed E-state index contributed by atoms with van der Waals surface area (Å²) < 4.78 is 0.894. The van der Waals surface area contributed by atoms with Gasteiger partial charge in [0.2, 0.25) is 0 Å². The zero-order valence-corrected chi connectivity index (χ0v) is 14.4. The number of rotatable bonds is 3. The summed E-state index contributed by atoms with van der Waals surface area (Å²) in [6.45, 7) is 6.26. The third-order valence-electron chi connectivity index (χ3n) is 5.22. The number of fused-ring (bicyclic) bond motifs is 2. The Balaban J connectivity index is 1.98. The second kappa shape index (κ2) is 5.51. The number of aliphatic carboxylic acids is 1. The lowest BCUT2D eigenvalue weighted by Gasteiger charge is -2.35. The Bertz CT molecular complexity index is 700. The van der Waals surface area contributed by atoms with Crippen molar-refractivity contribution in [3.05, 3.63) is 21.6 Å². The standard InChI is InChI=1S/C16H22ClN3O3/c1-9-10-4-11(6-16(2,3)5-10)20(9)12-7-18-19(8-13(21)22)15(23)14(12)17/h7,9-11H,4-6,8H2,1-3H3,(H,21,22)/t9-,10+,11+/m1/s1. The van der Waals surface area contributed by atoms with E-state index in [1.165, 1.54) is 12.6 Å². The van der Waals surface area contributed by atoms with Gasteiger partial charge >= 0.3 is 5.97 Å². The predicted octanol–water partition coefficient (Wildman–Crippen LogP) is 2.38. The molecule has 3 rings (SSSR count). The molecule has 1 saturated heterocycles. The molecule has 1 N–H and O–H groups in total. The maximum Gasteiger partial charge on any atom is 0.325 e. The summed E-state index contributed by atoms with van der Waals surface area (Å²) in [5, 5.41) is 12.9. The largest absolute Gasteiger partial charge is 0.480 e. The van der Waals surface area contributed by atoms with Crippen LogP contribution in [0.1, 0.15) is 40.0 Å². The SMILES string of the molecule is C[C@@H]1[C@H]2C[C@@H](CC(C)(C)C2)N1c1cnn(CC(=O)O)c(=O)c1Cl. The lowest BCUT2D eigenvalue weighted by molar-refractivity contribution is -0.138. The molecule has 6 nitrogen and oxygen atoms in total. The Morgan fingerprint density at radius 1 is 1.48 bits per heavy atom. The first-order valence-corrected chi connectivity index (χ1v) is 8.33. The first-order chi connectivity index (χ1) is 10.7. The summed E-state index contributed by atoms with van der Waals surface area (Å²) in [4.78, 5) is 25.3. The van der Waals surface area contributed by atoms with Crippen LogP contribution in [0.5, 0.6) is 0 Å². The molecule has 1 saturated carbocycles. The number of carboxylic acid groups (broad SMARTS) is 1. The van der Waals surface area contributed by atoms with Gasteiger partial charge in [0, 0.05) is 12.1 Å². The fourth-order valence-electron chi connectivity index (χ4n) is 4.38. The lowest BCUT2D eigenvalue weighted by atomic mass is 9.71. The van der Waals surface area contributed by atoms with E-state index in [1.54, 1.807) is 0 Å². The van der Waals surface area contributed by atoms with Gasteiger partial charge in [0.25, 0.3) is 5.56 Å². The summed E-state index contributed by atoms with van der Waals surface area (Å²) in [7, 11) is 0. The first-order valence-electron chi connectivity index (χ1n) is 7.95. The Morgan fingerprint density at radius 2 is 2.17 bits per heavy atom. The van der Waals surface area contributed by atoms with Gasteiger partial charge < -0.3 is 10.0 Å². The minimum Gasteiger partial charge on any atom is -0.480 e. The molecule has 2 aliphatic rings. The molecule has 126 valence electrons. The van der Waals surface area contributed by atoms with Crippen molar-refractivity contribution in [1.29, 1.82) is 0 Å². The van der Waals surface area contributed by atoms with Gasteiger partial charge in [-0.3, -0.25) is 9.59 Å². The lowest BCUT2D eigenvalue weighted by Crippen LogP contribution is -2.38. The molecule has 1 aliphatic heterocycles. The van der Waals surface area contributed by atoms with Gasteiger partial charge in [-0.05, 0) is 37.5 Å². The normalized spacial score (nSPS) is 28.9. The van der Waals surface area contributed by atoms with Gasteiger partial charge in [-0.1, -0.05) is 25.4 Å². The van der Waals surface area contributed by atoms with Crippen molar-refractivity contribution in [2.24, 2.45) is 11.3 Å². The number of hydrogen-bond acceptors (Lipinski definition) is 4.